The summed E-state index contributed by atoms with van der Waals surface area (Å²) in [5.74, 6) is -0.0184. The molecule has 0 aliphatic carbocycles. The first kappa shape index (κ1) is 17.8. The number of rotatable bonds is 6. The van der Waals surface area contributed by atoms with Gasteiger partial charge in [0.05, 0.1) is 24.2 Å². The summed E-state index contributed by atoms with van der Waals surface area (Å²) < 4.78 is 5.11. The highest BCUT2D eigenvalue weighted by atomic mass is 16.3. The third-order valence-electron chi connectivity index (χ3n) is 4.24. The van der Waals surface area contributed by atoms with E-state index in [1.54, 1.807) is 18.2 Å². The Labute approximate surface area is 152 Å². The molecule has 1 aliphatic heterocycles. The third-order valence-corrected chi connectivity index (χ3v) is 4.24. The van der Waals surface area contributed by atoms with Crippen LogP contribution in [0.4, 0.5) is 11.4 Å². The SMILES string of the molecule is O=C(C=Cc1ccco1)NCC(=O)Nc1ccccc1N1CCCCC1. The van der Waals surface area contributed by atoms with Crippen LogP contribution in [-0.2, 0) is 9.59 Å². The molecule has 2 heterocycles. The number of piperidine rings is 1. The van der Waals surface area contributed by atoms with Gasteiger partial charge in [0.1, 0.15) is 5.76 Å². The summed E-state index contributed by atoms with van der Waals surface area (Å²) >= 11 is 0. The number of nitrogens with zero attached hydrogens (tertiary/aromatic N) is 1. The number of amides is 2. The van der Waals surface area contributed by atoms with Gasteiger partial charge in [0.15, 0.2) is 0 Å². The molecule has 26 heavy (non-hydrogen) atoms. The summed E-state index contributed by atoms with van der Waals surface area (Å²) in [6.07, 6.45) is 8.01. The molecule has 1 aliphatic rings. The predicted molar refractivity (Wildman–Crippen MR) is 102 cm³/mol. The van der Waals surface area contributed by atoms with Crippen LogP contribution >= 0.6 is 0 Å². The molecule has 3 rings (SSSR count). The lowest BCUT2D eigenvalue weighted by atomic mass is 10.1. The molecule has 0 radical (unpaired) electrons. The van der Waals surface area contributed by atoms with Crippen molar-refractivity contribution < 1.29 is 14.0 Å². The van der Waals surface area contributed by atoms with Gasteiger partial charge in [-0.3, -0.25) is 9.59 Å². The largest absolute Gasteiger partial charge is 0.465 e. The van der Waals surface area contributed by atoms with Crippen LogP contribution in [-0.4, -0.2) is 31.4 Å². The second-order valence-corrected chi connectivity index (χ2v) is 6.18. The topological polar surface area (TPSA) is 74.6 Å². The van der Waals surface area contributed by atoms with Crippen LogP contribution in [0.3, 0.4) is 0 Å². The number of hydrogen-bond acceptors (Lipinski definition) is 4. The molecule has 1 fully saturated rings. The minimum Gasteiger partial charge on any atom is -0.465 e. The van der Waals surface area contributed by atoms with Gasteiger partial charge >= 0.3 is 0 Å². The van der Waals surface area contributed by atoms with E-state index in [1.165, 1.54) is 31.6 Å². The van der Waals surface area contributed by atoms with Crippen molar-refractivity contribution in [3.05, 3.63) is 54.5 Å². The van der Waals surface area contributed by atoms with Crippen LogP contribution in [0.1, 0.15) is 25.0 Å². The van der Waals surface area contributed by atoms with Crippen LogP contribution in [0.2, 0.25) is 0 Å². The quantitative estimate of drug-likeness (QED) is 0.783. The molecule has 0 atom stereocenters. The van der Waals surface area contributed by atoms with E-state index in [0.29, 0.717) is 5.76 Å². The standard InChI is InChI=1S/C20H23N3O3/c24-19(11-10-16-7-6-14-26-16)21-15-20(25)22-17-8-2-3-9-18(17)23-12-4-1-5-13-23/h2-3,6-11,14H,1,4-5,12-13,15H2,(H,21,24)(H,22,25). The zero-order valence-corrected chi connectivity index (χ0v) is 14.6. The van der Waals surface area contributed by atoms with Gasteiger partial charge in [-0.05, 0) is 49.6 Å². The zero-order valence-electron chi connectivity index (χ0n) is 14.6. The van der Waals surface area contributed by atoms with E-state index >= 15 is 0 Å². The van der Waals surface area contributed by atoms with E-state index in [0.717, 1.165) is 24.5 Å². The fraction of sp³-hybridized carbons (Fsp3) is 0.300. The molecule has 2 N–H and O–H groups in total. The molecule has 0 unspecified atom stereocenters. The number of benzene rings is 1. The Balaban J connectivity index is 1.52. The number of hydrogen-bond donors (Lipinski definition) is 2. The minimum atomic E-state index is -0.346. The van der Waals surface area contributed by atoms with Crippen LogP contribution in [0.25, 0.3) is 6.08 Å². The first-order chi connectivity index (χ1) is 12.7. The van der Waals surface area contributed by atoms with Gasteiger partial charge in [-0.2, -0.15) is 0 Å². The van der Waals surface area contributed by atoms with E-state index in [2.05, 4.69) is 15.5 Å². The van der Waals surface area contributed by atoms with Crippen molar-refractivity contribution in [1.29, 1.82) is 0 Å². The van der Waals surface area contributed by atoms with Crippen molar-refractivity contribution >= 4 is 29.3 Å². The maximum atomic E-state index is 12.2. The fourth-order valence-corrected chi connectivity index (χ4v) is 2.95. The molecular weight excluding hydrogens is 330 g/mol. The van der Waals surface area contributed by atoms with Gasteiger partial charge in [0.25, 0.3) is 0 Å². The van der Waals surface area contributed by atoms with Crippen molar-refractivity contribution in [3.63, 3.8) is 0 Å². The van der Waals surface area contributed by atoms with Crippen molar-refractivity contribution in [1.82, 2.24) is 5.32 Å². The van der Waals surface area contributed by atoms with E-state index in [4.69, 9.17) is 4.42 Å². The predicted octanol–water partition coefficient (Wildman–Crippen LogP) is 3.04. The number of carbonyl (C=O) groups excluding carboxylic acids is 2. The smallest absolute Gasteiger partial charge is 0.244 e. The summed E-state index contributed by atoms with van der Waals surface area (Å²) in [5, 5.41) is 5.47. The highest BCUT2D eigenvalue weighted by Crippen LogP contribution is 2.28. The van der Waals surface area contributed by atoms with Gasteiger partial charge in [0, 0.05) is 19.2 Å². The zero-order chi connectivity index (χ0) is 18.2. The summed E-state index contributed by atoms with van der Waals surface area (Å²) in [6, 6.07) is 11.3. The number of carbonyl (C=O) groups is 2. The first-order valence-electron chi connectivity index (χ1n) is 8.85. The normalized spacial score (nSPS) is 14.4. The maximum absolute atomic E-state index is 12.2. The van der Waals surface area contributed by atoms with Crippen molar-refractivity contribution in [2.75, 3.05) is 29.9 Å². The molecule has 2 amide bonds. The molecule has 0 saturated carbocycles. The van der Waals surface area contributed by atoms with Crippen molar-refractivity contribution in [3.8, 4) is 0 Å². The lowest BCUT2D eigenvalue weighted by Crippen LogP contribution is -2.33. The van der Waals surface area contributed by atoms with Crippen LogP contribution < -0.4 is 15.5 Å². The Morgan fingerprint density at radius 2 is 1.88 bits per heavy atom. The van der Waals surface area contributed by atoms with Crippen LogP contribution in [0.15, 0.2) is 53.2 Å². The molecule has 1 aromatic heterocycles. The van der Waals surface area contributed by atoms with Crippen molar-refractivity contribution in [2.24, 2.45) is 0 Å². The molecule has 2 aromatic rings. The Bertz CT molecular complexity index is 762. The number of furan rings is 1. The summed E-state index contributed by atoms with van der Waals surface area (Å²) in [5.41, 5.74) is 1.81. The van der Waals surface area contributed by atoms with Gasteiger partial charge in [0.2, 0.25) is 11.8 Å². The molecule has 136 valence electrons. The molecule has 1 aromatic carbocycles. The number of nitrogens with one attached hydrogen (secondary N) is 2. The Morgan fingerprint density at radius 1 is 1.08 bits per heavy atom. The van der Waals surface area contributed by atoms with Gasteiger partial charge < -0.3 is 20.0 Å². The van der Waals surface area contributed by atoms with E-state index in [9.17, 15) is 9.59 Å². The average Bonchev–Trinajstić information content (AvgIpc) is 3.19. The Kier molecular flexibility index (Phi) is 6.09. The molecule has 1 saturated heterocycles. The van der Waals surface area contributed by atoms with Crippen LogP contribution in [0, 0.1) is 0 Å². The van der Waals surface area contributed by atoms with Gasteiger partial charge in [-0.1, -0.05) is 12.1 Å². The maximum Gasteiger partial charge on any atom is 0.244 e. The Hall–Kier alpha value is -3.02. The van der Waals surface area contributed by atoms with Gasteiger partial charge in [-0.15, -0.1) is 0 Å². The van der Waals surface area contributed by atoms with Crippen LogP contribution in [0.5, 0.6) is 0 Å². The lowest BCUT2D eigenvalue weighted by molar-refractivity contribution is -0.121. The number of anilines is 2. The third kappa shape index (κ3) is 4.99. The number of para-hydroxylation sites is 2. The first-order valence-corrected chi connectivity index (χ1v) is 8.85. The summed E-state index contributed by atoms with van der Waals surface area (Å²) in [7, 11) is 0. The Morgan fingerprint density at radius 3 is 2.65 bits per heavy atom. The van der Waals surface area contributed by atoms with E-state index < -0.39 is 0 Å². The minimum absolute atomic E-state index is 0.0876. The van der Waals surface area contributed by atoms with E-state index in [1.807, 2.05) is 24.3 Å². The molecule has 0 bridgehead atoms. The second kappa shape index (κ2) is 8.89. The highest BCUT2D eigenvalue weighted by Gasteiger charge is 2.15. The molecule has 6 nitrogen and oxygen atoms in total. The summed E-state index contributed by atoms with van der Waals surface area (Å²) in [4.78, 5) is 26.3. The molecule has 0 spiro atoms. The average molecular weight is 353 g/mol. The monoisotopic (exact) mass is 353 g/mol. The highest BCUT2D eigenvalue weighted by molar-refractivity contribution is 5.99. The van der Waals surface area contributed by atoms with Gasteiger partial charge in [-0.25, -0.2) is 0 Å². The molecule has 6 heteroatoms. The second-order valence-electron chi connectivity index (χ2n) is 6.18. The van der Waals surface area contributed by atoms with Crippen molar-refractivity contribution in [2.45, 2.75) is 19.3 Å². The summed E-state index contributed by atoms with van der Waals surface area (Å²) in [6.45, 7) is 1.91. The molecular formula is C20H23N3O3. The lowest BCUT2D eigenvalue weighted by Gasteiger charge is -2.30. The van der Waals surface area contributed by atoms with E-state index in [-0.39, 0.29) is 18.4 Å². The fourth-order valence-electron chi connectivity index (χ4n) is 2.95.